The molecule has 0 bridgehead atoms. The molecule has 0 spiro atoms. The molecule has 1 saturated heterocycles. The number of hydrogen-bond acceptors (Lipinski definition) is 4. The highest BCUT2D eigenvalue weighted by Crippen LogP contribution is 2.27. The Morgan fingerprint density at radius 3 is 2.55 bits per heavy atom. The van der Waals surface area contributed by atoms with Crippen LogP contribution in [0.3, 0.4) is 0 Å². The highest BCUT2D eigenvalue weighted by Gasteiger charge is 2.29. The van der Waals surface area contributed by atoms with E-state index in [1.165, 1.54) is 0 Å². The number of nitrogens with one attached hydrogen (secondary N) is 1. The van der Waals surface area contributed by atoms with E-state index >= 15 is 0 Å². The number of likely N-dealkylation sites (tertiary alicyclic amines) is 1. The highest BCUT2D eigenvalue weighted by atomic mass is 16.2. The van der Waals surface area contributed by atoms with Crippen molar-refractivity contribution in [2.24, 2.45) is 5.92 Å². The maximum atomic E-state index is 13.3. The second-order valence-corrected chi connectivity index (χ2v) is 7.86. The van der Waals surface area contributed by atoms with Crippen molar-refractivity contribution < 1.29 is 9.59 Å². The van der Waals surface area contributed by atoms with Gasteiger partial charge in [0.1, 0.15) is 0 Å². The zero-order chi connectivity index (χ0) is 21.6. The van der Waals surface area contributed by atoms with Crippen LogP contribution in [-0.2, 0) is 11.3 Å². The van der Waals surface area contributed by atoms with E-state index in [0.29, 0.717) is 43.7 Å². The number of hydrogen-bond donors (Lipinski definition) is 1. The number of nitrogens with zero attached hydrogens (tertiary/aromatic N) is 3. The van der Waals surface area contributed by atoms with E-state index in [1.807, 2.05) is 54.3 Å². The smallest absolute Gasteiger partial charge is 0.256 e. The van der Waals surface area contributed by atoms with Gasteiger partial charge >= 0.3 is 0 Å². The largest absolute Gasteiger partial charge is 0.352 e. The normalized spacial score (nSPS) is 14.3. The molecule has 1 N–H and O–H groups in total. The van der Waals surface area contributed by atoms with Gasteiger partial charge in [-0.1, -0.05) is 30.3 Å². The molecular formula is C25H26N4O2. The molecule has 158 valence electrons. The molecule has 2 amide bonds. The highest BCUT2D eigenvalue weighted by molar-refractivity contribution is 6.00. The number of aromatic nitrogens is 2. The van der Waals surface area contributed by atoms with Gasteiger partial charge in [0.05, 0.1) is 11.3 Å². The summed E-state index contributed by atoms with van der Waals surface area (Å²) in [6.45, 7) is 3.62. The minimum absolute atomic E-state index is 0.0272. The molecule has 0 atom stereocenters. The molecule has 2 aromatic heterocycles. The summed E-state index contributed by atoms with van der Waals surface area (Å²) >= 11 is 0. The van der Waals surface area contributed by atoms with Crippen LogP contribution in [0.5, 0.6) is 0 Å². The fourth-order valence-electron chi connectivity index (χ4n) is 3.98. The van der Waals surface area contributed by atoms with E-state index in [0.717, 1.165) is 16.7 Å². The Balaban J connectivity index is 1.39. The van der Waals surface area contributed by atoms with Crippen molar-refractivity contribution in [1.29, 1.82) is 0 Å². The van der Waals surface area contributed by atoms with E-state index in [1.54, 1.807) is 24.7 Å². The summed E-state index contributed by atoms with van der Waals surface area (Å²) in [7, 11) is 0. The summed E-state index contributed by atoms with van der Waals surface area (Å²) in [6.07, 6.45) is 6.50. The van der Waals surface area contributed by atoms with E-state index in [9.17, 15) is 9.59 Å². The van der Waals surface area contributed by atoms with E-state index in [2.05, 4.69) is 15.3 Å². The molecule has 0 radical (unpaired) electrons. The number of amides is 2. The van der Waals surface area contributed by atoms with Crippen molar-refractivity contribution in [2.45, 2.75) is 26.3 Å². The molecule has 0 saturated carbocycles. The molecule has 0 aliphatic carbocycles. The summed E-state index contributed by atoms with van der Waals surface area (Å²) in [5.74, 6) is -0.0658. The first kappa shape index (κ1) is 20.7. The third-order valence-corrected chi connectivity index (χ3v) is 5.78. The van der Waals surface area contributed by atoms with Crippen molar-refractivity contribution >= 4 is 11.8 Å². The van der Waals surface area contributed by atoms with Gasteiger partial charge in [-0.05, 0) is 49.1 Å². The van der Waals surface area contributed by atoms with Crippen LogP contribution in [0.1, 0.15) is 34.3 Å². The van der Waals surface area contributed by atoms with Crippen molar-refractivity contribution in [2.75, 3.05) is 13.1 Å². The fourth-order valence-corrected chi connectivity index (χ4v) is 3.98. The Hall–Kier alpha value is -3.54. The monoisotopic (exact) mass is 414 g/mol. The van der Waals surface area contributed by atoms with Crippen LogP contribution in [0, 0.1) is 12.8 Å². The molecule has 3 aromatic rings. The number of carbonyl (C=O) groups is 2. The number of benzene rings is 1. The van der Waals surface area contributed by atoms with Crippen molar-refractivity contribution in [3.63, 3.8) is 0 Å². The summed E-state index contributed by atoms with van der Waals surface area (Å²) in [5.41, 5.74) is 4.34. The first-order valence-electron chi connectivity index (χ1n) is 10.6. The quantitative estimate of drug-likeness (QED) is 0.692. The predicted molar refractivity (Wildman–Crippen MR) is 119 cm³/mol. The van der Waals surface area contributed by atoms with Gasteiger partial charge in [0, 0.05) is 49.7 Å². The first-order valence-corrected chi connectivity index (χ1v) is 10.6. The SMILES string of the molecule is Cc1ccccc1-c1ncccc1C(=O)N1CCC(C(=O)NCc2cccnc2)CC1. The molecule has 6 nitrogen and oxygen atoms in total. The van der Waals surface area contributed by atoms with Crippen LogP contribution < -0.4 is 5.32 Å². The van der Waals surface area contributed by atoms with Gasteiger partial charge in [0.25, 0.3) is 5.91 Å². The summed E-state index contributed by atoms with van der Waals surface area (Å²) < 4.78 is 0. The predicted octanol–water partition coefficient (Wildman–Crippen LogP) is 3.62. The minimum Gasteiger partial charge on any atom is -0.352 e. The summed E-state index contributed by atoms with van der Waals surface area (Å²) in [4.78, 5) is 36.2. The lowest BCUT2D eigenvalue weighted by Crippen LogP contribution is -2.43. The Bertz CT molecular complexity index is 1060. The summed E-state index contributed by atoms with van der Waals surface area (Å²) in [6, 6.07) is 15.4. The van der Waals surface area contributed by atoms with Gasteiger partial charge in [-0.3, -0.25) is 19.6 Å². The van der Waals surface area contributed by atoms with E-state index in [-0.39, 0.29) is 17.7 Å². The number of pyridine rings is 2. The minimum atomic E-state index is -0.0783. The van der Waals surface area contributed by atoms with Crippen LogP contribution in [0.15, 0.2) is 67.1 Å². The standard InChI is InChI=1S/C25H26N4O2/c1-18-6-2-3-8-21(18)23-22(9-5-13-27-23)25(31)29-14-10-20(11-15-29)24(30)28-17-19-7-4-12-26-16-19/h2-9,12-13,16,20H,10-11,14-15,17H2,1H3,(H,28,30). The molecule has 31 heavy (non-hydrogen) atoms. The average Bonchev–Trinajstić information content (AvgIpc) is 2.83. The van der Waals surface area contributed by atoms with Crippen LogP contribution in [-0.4, -0.2) is 39.8 Å². The fraction of sp³-hybridized carbons (Fsp3) is 0.280. The Morgan fingerprint density at radius 1 is 1.03 bits per heavy atom. The zero-order valence-electron chi connectivity index (χ0n) is 17.6. The lowest BCUT2D eigenvalue weighted by Gasteiger charge is -2.31. The molecular weight excluding hydrogens is 388 g/mol. The molecule has 6 heteroatoms. The molecule has 3 heterocycles. The van der Waals surface area contributed by atoms with Crippen LogP contribution >= 0.6 is 0 Å². The van der Waals surface area contributed by atoms with Crippen LogP contribution in [0.25, 0.3) is 11.3 Å². The van der Waals surface area contributed by atoms with Gasteiger partial charge in [-0.2, -0.15) is 0 Å². The third-order valence-electron chi connectivity index (χ3n) is 5.78. The van der Waals surface area contributed by atoms with Gasteiger partial charge in [-0.15, -0.1) is 0 Å². The lowest BCUT2D eigenvalue weighted by molar-refractivity contribution is -0.126. The van der Waals surface area contributed by atoms with Crippen molar-refractivity contribution in [3.8, 4) is 11.3 Å². The van der Waals surface area contributed by atoms with E-state index in [4.69, 9.17) is 0 Å². The van der Waals surface area contributed by atoms with E-state index < -0.39 is 0 Å². The topological polar surface area (TPSA) is 75.2 Å². The number of carbonyl (C=O) groups excluding carboxylic acids is 2. The van der Waals surface area contributed by atoms with Gasteiger partial charge in [-0.25, -0.2) is 0 Å². The summed E-state index contributed by atoms with van der Waals surface area (Å²) in [5, 5.41) is 2.99. The molecule has 1 aliphatic rings. The average molecular weight is 415 g/mol. The van der Waals surface area contributed by atoms with Gasteiger partial charge in [0.15, 0.2) is 0 Å². The Morgan fingerprint density at radius 2 is 1.81 bits per heavy atom. The molecule has 4 rings (SSSR count). The second-order valence-electron chi connectivity index (χ2n) is 7.86. The van der Waals surface area contributed by atoms with Crippen molar-refractivity contribution in [3.05, 3.63) is 83.8 Å². The number of aryl methyl sites for hydroxylation is 1. The molecule has 0 unspecified atom stereocenters. The maximum absolute atomic E-state index is 13.3. The number of rotatable bonds is 5. The Labute approximate surface area is 182 Å². The van der Waals surface area contributed by atoms with Crippen LogP contribution in [0.4, 0.5) is 0 Å². The molecule has 1 fully saturated rings. The van der Waals surface area contributed by atoms with Gasteiger partial charge in [0.2, 0.25) is 5.91 Å². The third kappa shape index (κ3) is 4.79. The second kappa shape index (κ2) is 9.51. The maximum Gasteiger partial charge on any atom is 0.256 e. The van der Waals surface area contributed by atoms with Crippen molar-refractivity contribution in [1.82, 2.24) is 20.2 Å². The number of piperidine rings is 1. The van der Waals surface area contributed by atoms with Gasteiger partial charge < -0.3 is 10.2 Å². The first-order chi connectivity index (χ1) is 15.1. The lowest BCUT2D eigenvalue weighted by atomic mass is 9.94. The molecule has 1 aliphatic heterocycles. The molecule has 1 aromatic carbocycles. The zero-order valence-corrected chi connectivity index (χ0v) is 17.6. The van der Waals surface area contributed by atoms with Crippen LogP contribution in [0.2, 0.25) is 0 Å². The Kier molecular flexibility index (Phi) is 6.36.